The second-order valence-electron chi connectivity index (χ2n) is 8.30. The molecule has 0 bridgehead atoms. The van der Waals surface area contributed by atoms with Crippen molar-refractivity contribution >= 4 is 63.3 Å². The molecule has 3 rings (SSSR count). The van der Waals surface area contributed by atoms with Gasteiger partial charge in [0, 0.05) is 20.3 Å². The molecule has 18 heteroatoms. The average Bonchev–Trinajstić information content (AvgIpc) is 2.83. The zero-order chi connectivity index (χ0) is 32.2. The van der Waals surface area contributed by atoms with E-state index in [0.717, 1.165) is 52.9 Å². The highest BCUT2D eigenvalue weighted by atomic mass is 127. The Morgan fingerprint density at radius 1 is 0.833 bits per heavy atom. The maximum Gasteiger partial charge on any atom is 0.435 e. The number of primary amides is 1. The van der Waals surface area contributed by atoms with Gasteiger partial charge in [-0.3, -0.25) is 9.59 Å². The highest BCUT2D eigenvalue weighted by Crippen LogP contribution is 2.55. The molecular formula is C24H10Cl2F11IN2O2. The standard InChI is InChI=1S/C24H10Cl2F11IN2O2/c25-13-5-4-10(19(39)41)16(26)15(13)9-2-1-3-11(17(9)27)20(42)40-18-12(22(29,30)31)6-8(7-14(18)38)21(28,23(32,33)34)24(35,36)37/h1-7H,(H2,39,41)(H,40,42). The Hall–Kier alpha value is -2.86. The molecule has 0 aliphatic heterocycles. The van der Waals surface area contributed by atoms with E-state index in [2.05, 4.69) is 0 Å². The summed E-state index contributed by atoms with van der Waals surface area (Å²) in [6.07, 6.45) is -19.2. The maximum absolute atomic E-state index is 15.5. The lowest BCUT2D eigenvalue weighted by Crippen LogP contribution is -2.50. The number of hydrogen-bond donors (Lipinski definition) is 2. The van der Waals surface area contributed by atoms with Crippen molar-refractivity contribution in [3.8, 4) is 11.1 Å². The summed E-state index contributed by atoms with van der Waals surface area (Å²) in [6, 6.07) is 4.11. The molecule has 0 saturated heterocycles. The van der Waals surface area contributed by atoms with Gasteiger partial charge in [0.1, 0.15) is 5.82 Å². The van der Waals surface area contributed by atoms with E-state index >= 15 is 4.39 Å². The average molecular weight is 765 g/mol. The molecule has 2 amide bonds. The van der Waals surface area contributed by atoms with Gasteiger partial charge in [0.15, 0.2) is 0 Å². The zero-order valence-electron chi connectivity index (χ0n) is 19.7. The van der Waals surface area contributed by atoms with Gasteiger partial charge in [0.2, 0.25) is 5.91 Å². The summed E-state index contributed by atoms with van der Waals surface area (Å²) < 4.78 is 150. The molecule has 0 saturated carbocycles. The SMILES string of the molecule is NC(=O)c1ccc(Cl)c(-c2cccc(C(=O)Nc3c(I)cc(C(F)(C(F)(F)F)C(F)(F)F)cc3C(F)(F)F)c2F)c1Cl. The molecule has 0 aliphatic rings. The molecule has 0 unspecified atom stereocenters. The van der Waals surface area contributed by atoms with Crippen molar-refractivity contribution in [2.45, 2.75) is 24.2 Å². The van der Waals surface area contributed by atoms with Crippen LogP contribution in [-0.2, 0) is 11.8 Å². The Morgan fingerprint density at radius 3 is 1.90 bits per heavy atom. The summed E-state index contributed by atoms with van der Waals surface area (Å²) >= 11 is 13.0. The maximum atomic E-state index is 15.5. The molecule has 42 heavy (non-hydrogen) atoms. The fraction of sp³-hybridized carbons (Fsp3) is 0.167. The molecule has 0 spiro atoms. The summed E-state index contributed by atoms with van der Waals surface area (Å²) in [7, 11) is 0. The Balaban J connectivity index is 2.19. The molecule has 0 aromatic heterocycles. The lowest BCUT2D eigenvalue weighted by atomic mass is 9.92. The lowest BCUT2D eigenvalue weighted by Gasteiger charge is -2.31. The van der Waals surface area contributed by atoms with Crippen molar-refractivity contribution in [1.29, 1.82) is 0 Å². The van der Waals surface area contributed by atoms with Crippen molar-refractivity contribution in [2.24, 2.45) is 5.73 Å². The number of hydrogen-bond acceptors (Lipinski definition) is 2. The minimum Gasteiger partial charge on any atom is -0.366 e. The highest BCUT2D eigenvalue weighted by molar-refractivity contribution is 14.1. The number of amides is 2. The number of benzene rings is 3. The van der Waals surface area contributed by atoms with Crippen LogP contribution in [0.15, 0.2) is 42.5 Å². The Kier molecular flexibility index (Phi) is 9.08. The number of carbonyl (C=O) groups excluding carboxylic acids is 2. The van der Waals surface area contributed by atoms with Gasteiger partial charge in [-0.05, 0) is 52.9 Å². The van der Waals surface area contributed by atoms with Crippen molar-refractivity contribution < 1.29 is 57.9 Å². The normalized spacial score (nSPS) is 12.8. The highest BCUT2D eigenvalue weighted by Gasteiger charge is 2.73. The van der Waals surface area contributed by atoms with Gasteiger partial charge in [0.05, 0.1) is 32.4 Å². The monoisotopic (exact) mass is 764 g/mol. The van der Waals surface area contributed by atoms with E-state index in [1.807, 2.05) is 0 Å². The van der Waals surface area contributed by atoms with E-state index in [0.29, 0.717) is 0 Å². The number of anilines is 1. The summed E-state index contributed by atoms with van der Waals surface area (Å²) in [5.41, 5.74) is -9.30. The van der Waals surface area contributed by atoms with E-state index in [-0.39, 0.29) is 22.2 Å². The first kappa shape index (κ1) is 33.6. The number of carbonyl (C=O) groups is 2. The molecule has 0 atom stereocenters. The van der Waals surface area contributed by atoms with E-state index in [9.17, 15) is 53.5 Å². The van der Waals surface area contributed by atoms with E-state index in [1.165, 1.54) is 0 Å². The number of rotatable bonds is 5. The van der Waals surface area contributed by atoms with Crippen molar-refractivity contribution in [3.05, 3.63) is 84.2 Å². The van der Waals surface area contributed by atoms with Crippen LogP contribution in [0.5, 0.6) is 0 Å². The molecular weight excluding hydrogens is 755 g/mol. The molecule has 3 N–H and O–H groups in total. The Morgan fingerprint density at radius 2 is 1.40 bits per heavy atom. The van der Waals surface area contributed by atoms with E-state index in [1.54, 1.807) is 5.32 Å². The van der Waals surface area contributed by atoms with Gasteiger partial charge >= 0.3 is 24.2 Å². The third-order valence-corrected chi connectivity index (χ3v) is 7.24. The quantitative estimate of drug-likeness (QED) is 0.201. The van der Waals surface area contributed by atoms with Gasteiger partial charge in [-0.15, -0.1) is 0 Å². The van der Waals surface area contributed by atoms with Crippen molar-refractivity contribution in [3.63, 3.8) is 0 Å². The Bertz CT molecular complexity index is 1570. The molecule has 0 heterocycles. The van der Waals surface area contributed by atoms with Crippen LogP contribution in [0.2, 0.25) is 10.0 Å². The molecule has 4 nitrogen and oxygen atoms in total. The van der Waals surface area contributed by atoms with E-state index < -0.39 is 84.4 Å². The van der Waals surface area contributed by atoms with Gasteiger partial charge in [-0.1, -0.05) is 35.3 Å². The third-order valence-electron chi connectivity index (χ3n) is 5.68. The van der Waals surface area contributed by atoms with Gasteiger partial charge in [-0.2, -0.15) is 39.5 Å². The largest absolute Gasteiger partial charge is 0.435 e. The van der Waals surface area contributed by atoms with Crippen LogP contribution in [0, 0.1) is 9.39 Å². The van der Waals surface area contributed by atoms with Crippen LogP contribution in [0.1, 0.15) is 31.8 Å². The van der Waals surface area contributed by atoms with Crippen LogP contribution in [0.4, 0.5) is 54.0 Å². The van der Waals surface area contributed by atoms with Gasteiger partial charge < -0.3 is 11.1 Å². The minimum atomic E-state index is -6.72. The zero-order valence-corrected chi connectivity index (χ0v) is 23.4. The second-order valence-corrected chi connectivity index (χ2v) is 10.2. The first-order valence-electron chi connectivity index (χ1n) is 10.7. The van der Waals surface area contributed by atoms with Crippen molar-refractivity contribution in [2.75, 3.05) is 5.32 Å². The fourth-order valence-corrected chi connectivity index (χ4v) is 5.14. The Labute approximate surface area is 251 Å². The fourth-order valence-electron chi connectivity index (χ4n) is 3.72. The summed E-state index contributed by atoms with van der Waals surface area (Å²) in [5.74, 6) is -4.14. The van der Waals surface area contributed by atoms with Crippen LogP contribution in [-0.4, -0.2) is 24.2 Å². The predicted octanol–water partition coefficient (Wildman–Crippen LogP) is 9.06. The number of alkyl halides is 10. The summed E-state index contributed by atoms with van der Waals surface area (Å²) in [4.78, 5) is 24.5. The van der Waals surface area contributed by atoms with Crippen LogP contribution in [0.3, 0.4) is 0 Å². The minimum absolute atomic E-state index is 0.186. The van der Waals surface area contributed by atoms with Gasteiger partial charge in [-0.25, -0.2) is 8.78 Å². The topological polar surface area (TPSA) is 72.2 Å². The predicted molar refractivity (Wildman–Crippen MR) is 137 cm³/mol. The number of halogens is 14. The van der Waals surface area contributed by atoms with Crippen LogP contribution >= 0.6 is 45.8 Å². The van der Waals surface area contributed by atoms with Crippen LogP contribution in [0.25, 0.3) is 11.1 Å². The lowest BCUT2D eigenvalue weighted by molar-refractivity contribution is -0.348. The third kappa shape index (κ3) is 5.97. The smallest absolute Gasteiger partial charge is 0.366 e. The number of nitrogens with one attached hydrogen (secondary N) is 1. The summed E-state index contributed by atoms with van der Waals surface area (Å²) in [5, 5.41) is 0.919. The van der Waals surface area contributed by atoms with Gasteiger partial charge in [0.25, 0.3) is 5.91 Å². The first-order valence-corrected chi connectivity index (χ1v) is 12.5. The summed E-state index contributed by atoms with van der Waals surface area (Å²) in [6.45, 7) is 0. The molecule has 0 fully saturated rings. The molecule has 3 aromatic rings. The molecule has 226 valence electrons. The van der Waals surface area contributed by atoms with Crippen molar-refractivity contribution in [1.82, 2.24) is 0 Å². The molecule has 0 radical (unpaired) electrons. The second kappa shape index (κ2) is 11.3. The van der Waals surface area contributed by atoms with E-state index in [4.69, 9.17) is 28.9 Å². The van der Waals surface area contributed by atoms with Crippen LogP contribution < -0.4 is 11.1 Å². The first-order chi connectivity index (χ1) is 19.0. The molecule has 3 aromatic carbocycles. The number of nitrogens with two attached hydrogens (primary N) is 1. The molecule has 0 aliphatic carbocycles.